The molecule has 1 aliphatic heterocycles. The average molecular weight is 260 g/mol. The van der Waals surface area contributed by atoms with Gasteiger partial charge in [0.1, 0.15) is 0 Å². The summed E-state index contributed by atoms with van der Waals surface area (Å²) in [6, 6.07) is 0.157. The van der Waals surface area contributed by atoms with Gasteiger partial charge >= 0.3 is 0 Å². The molecule has 0 aromatic heterocycles. The second-order valence-electron chi connectivity index (χ2n) is 5.43. The van der Waals surface area contributed by atoms with Gasteiger partial charge < -0.3 is 5.32 Å². The maximum atomic E-state index is 11.9. The van der Waals surface area contributed by atoms with Gasteiger partial charge in [-0.05, 0) is 38.1 Å². The molecule has 2 rings (SSSR count). The Hall–Kier alpha value is -0.130. The molecule has 2 N–H and O–H groups in total. The van der Waals surface area contributed by atoms with E-state index in [0.29, 0.717) is 12.5 Å². The molecule has 2 fully saturated rings. The van der Waals surface area contributed by atoms with E-state index in [0.717, 1.165) is 19.4 Å². The molecule has 4 nitrogen and oxygen atoms in total. The molecule has 1 saturated heterocycles. The number of nitrogens with one attached hydrogen (secondary N) is 2. The zero-order valence-corrected chi connectivity index (χ0v) is 11.3. The van der Waals surface area contributed by atoms with Crippen molar-refractivity contribution in [1.29, 1.82) is 0 Å². The van der Waals surface area contributed by atoms with Gasteiger partial charge in [-0.15, -0.1) is 0 Å². The van der Waals surface area contributed by atoms with E-state index in [1.807, 2.05) is 0 Å². The summed E-state index contributed by atoms with van der Waals surface area (Å²) < 4.78 is 26.6. The number of sulfonamides is 1. The third kappa shape index (κ3) is 4.56. The fourth-order valence-corrected chi connectivity index (χ4v) is 4.27. The summed E-state index contributed by atoms with van der Waals surface area (Å²) in [4.78, 5) is 0. The monoisotopic (exact) mass is 260 g/mol. The highest BCUT2D eigenvalue weighted by Crippen LogP contribution is 2.23. The largest absolute Gasteiger partial charge is 0.313 e. The van der Waals surface area contributed by atoms with Gasteiger partial charge in [0.05, 0.1) is 5.75 Å². The van der Waals surface area contributed by atoms with Crippen LogP contribution >= 0.6 is 0 Å². The van der Waals surface area contributed by atoms with Crippen LogP contribution in [0.3, 0.4) is 0 Å². The summed E-state index contributed by atoms with van der Waals surface area (Å²) in [6.45, 7) is 1.61. The molecule has 1 saturated carbocycles. The zero-order chi connectivity index (χ0) is 12.1. The first-order valence-corrected chi connectivity index (χ1v) is 8.52. The molecule has 0 amide bonds. The predicted molar refractivity (Wildman–Crippen MR) is 69.4 cm³/mol. The number of hydrogen-bond acceptors (Lipinski definition) is 3. The van der Waals surface area contributed by atoms with Crippen LogP contribution in [-0.2, 0) is 10.0 Å². The van der Waals surface area contributed by atoms with Crippen LogP contribution in [0.5, 0.6) is 0 Å². The van der Waals surface area contributed by atoms with Crippen LogP contribution in [0, 0.1) is 5.92 Å². The van der Waals surface area contributed by atoms with Gasteiger partial charge in [-0.3, -0.25) is 0 Å². The Bertz CT molecular complexity index is 317. The summed E-state index contributed by atoms with van der Waals surface area (Å²) in [6.07, 6.45) is 8.20. The van der Waals surface area contributed by atoms with Gasteiger partial charge in [0.15, 0.2) is 0 Å². The Kier molecular flexibility index (Phi) is 4.82. The Balaban J connectivity index is 1.73. The topological polar surface area (TPSA) is 58.2 Å². The molecule has 0 radical (unpaired) electrons. The summed E-state index contributed by atoms with van der Waals surface area (Å²) in [5, 5.41) is 3.28. The lowest BCUT2D eigenvalue weighted by atomic mass is 10.1. The van der Waals surface area contributed by atoms with E-state index in [9.17, 15) is 8.42 Å². The fraction of sp³-hybridized carbons (Fsp3) is 1.00. The van der Waals surface area contributed by atoms with Gasteiger partial charge in [-0.25, -0.2) is 13.1 Å². The highest BCUT2D eigenvalue weighted by atomic mass is 32.2. The minimum absolute atomic E-state index is 0.157. The SMILES string of the molecule is O=S(=O)(CC1CCCCN1)NCC1CCCC1. The first-order chi connectivity index (χ1) is 8.16. The van der Waals surface area contributed by atoms with Gasteiger partial charge in [-0.2, -0.15) is 0 Å². The van der Waals surface area contributed by atoms with E-state index in [-0.39, 0.29) is 11.8 Å². The summed E-state index contributed by atoms with van der Waals surface area (Å²) in [5.41, 5.74) is 0. The lowest BCUT2D eigenvalue weighted by molar-refractivity contribution is 0.421. The van der Waals surface area contributed by atoms with Crippen LogP contribution < -0.4 is 10.0 Å². The maximum absolute atomic E-state index is 11.9. The van der Waals surface area contributed by atoms with Crippen molar-refractivity contribution in [2.24, 2.45) is 5.92 Å². The summed E-state index contributed by atoms with van der Waals surface area (Å²) in [5.74, 6) is 0.823. The molecule has 1 heterocycles. The van der Waals surface area contributed by atoms with Crippen LogP contribution in [-0.4, -0.2) is 33.3 Å². The zero-order valence-electron chi connectivity index (χ0n) is 10.5. The number of rotatable bonds is 5. The van der Waals surface area contributed by atoms with Crippen molar-refractivity contribution in [3.05, 3.63) is 0 Å². The van der Waals surface area contributed by atoms with Gasteiger partial charge in [0.2, 0.25) is 10.0 Å². The smallest absolute Gasteiger partial charge is 0.213 e. The van der Waals surface area contributed by atoms with Crippen molar-refractivity contribution in [1.82, 2.24) is 10.0 Å². The minimum atomic E-state index is -3.08. The highest BCUT2D eigenvalue weighted by molar-refractivity contribution is 7.89. The predicted octanol–water partition coefficient (Wildman–Crippen LogP) is 1.24. The van der Waals surface area contributed by atoms with E-state index >= 15 is 0 Å². The van der Waals surface area contributed by atoms with Crippen LogP contribution in [0.4, 0.5) is 0 Å². The van der Waals surface area contributed by atoms with Crippen LogP contribution in [0.15, 0.2) is 0 Å². The van der Waals surface area contributed by atoms with Crippen molar-refractivity contribution >= 4 is 10.0 Å². The van der Waals surface area contributed by atoms with Crippen LogP contribution in [0.2, 0.25) is 0 Å². The fourth-order valence-electron chi connectivity index (χ4n) is 2.85. The number of piperidine rings is 1. The van der Waals surface area contributed by atoms with Crippen molar-refractivity contribution in [3.8, 4) is 0 Å². The Morgan fingerprint density at radius 1 is 1.06 bits per heavy atom. The normalized spacial score (nSPS) is 27.4. The molecule has 0 bridgehead atoms. The second kappa shape index (κ2) is 6.16. The molecule has 0 aromatic carbocycles. The molecule has 2 aliphatic rings. The molecule has 17 heavy (non-hydrogen) atoms. The van der Waals surface area contributed by atoms with Crippen molar-refractivity contribution in [2.75, 3.05) is 18.8 Å². The van der Waals surface area contributed by atoms with E-state index < -0.39 is 10.0 Å². The lowest BCUT2D eigenvalue weighted by Gasteiger charge is -2.23. The number of hydrogen-bond donors (Lipinski definition) is 2. The standard InChI is InChI=1S/C12H24N2O2S/c15-17(16,10-12-7-3-4-8-13-12)14-9-11-5-1-2-6-11/h11-14H,1-10H2. The van der Waals surface area contributed by atoms with E-state index in [1.165, 1.54) is 32.1 Å². The highest BCUT2D eigenvalue weighted by Gasteiger charge is 2.22. The Labute approximate surface area is 105 Å². The van der Waals surface area contributed by atoms with E-state index in [2.05, 4.69) is 10.0 Å². The van der Waals surface area contributed by atoms with Gasteiger partial charge in [0, 0.05) is 12.6 Å². The molecule has 5 heteroatoms. The third-order valence-electron chi connectivity index (χ3n) is 3.90. The lowest BCUT2D eigenvalue weighted by Crippen LogP contribution is -2.43. The van der Waals surface area contributed by atoms with Gasteiger partial charge in [-0.1, -0.05) is 19.3 Å². The van der Waals surface area contributed by atoms with Crippen molar-refractivity contribution < 1.29 is 8.42 Å². The van der Waals surface area contributed by atoms with Crippen LogP contribution in [0.25, 0.3) is 0 Å². The molecule has 1 atom stereocenters. The maximum Gasteiger partial charge on any atom is 0.213 e. The first kappa shape index (κ1) is 13.3. The molecule has 1 unspecified atom stereocenters. The third-order valence-corrected chi connectivity index (χ3v) is 5.35. The van der Waals surface area contributed by atoms with Crippen molar-refractivity contribution in [3.63, 3.8) is 0 Å². The second-order valence-corrected chi connectivity index (χ2v) is 7.28. The Morgan fingerprint density at radius 2 is 1.76 bits per heavy atom. The van der Waals surface area contributed by atoms with E-state index in [1.54, 1.807) is 0 Å². The van der Waals surface area contributed by atoms with Gasteiger partial charge in [0.25, 0.3) is 0 Å². The quantitative estimate of drug-likeness (QED) is 0.782. The minimum Gasteiger partial charge on any atom is -0.313 e. The molecule has 0 spiro atoms. The average Bonchev–Trinajstić information content (AvgIpc) is 2.80. The first-order valence-electron chi connectivity index (χ1n) is 6.86. The van der Waals surface area contributed by atoms with E-state index in [4.69, 9.17) is 0 Å². The van der Waals surface area contributed by atoms with Crippen LogP contribution in [0.1, 0.15) is 44.9 Å². The molecule has 0 aromatic rings. The Morgan fingerprint density at radius 3 is 2.41 bits per heavy atom. The summed E-state index contributed by atoms with van der Waals surface area (Å²) in [7, 11) is -3.08. The summed E-state index contributed by atoms with van der Waals surface area (Å²) >= 11 is 0. The molecule has 100 valence electrons. The molecular weight excluding hydrogens is 236 g/mol. The van der Waals surface area contributed by atoms with Crippen molar-refractivity contribution in [2.45, 2.75) is 51.0 Å². The molecule has 1 aliphatic carbocycles. The molecular formula is C12H24N2O2S.